The van der Waals surface area contributed by atoms with Crippen LogP contribution in [0.1, 0.15) is 17.5 Å². The Balaban J connectivity index is 1.30. The molecule has 5 nitrogen and oxygen atoms in total. The van der Waals surface area contributed by atoms with Crippen molar-refractivity contribution in [3.05, 3.63) is 59.7 Å². The molecule has 0 saturated carbocycles. The Hall–Kier alpha value is -2.37. The Kier molecular flexibility index (Phi) is 5.41. The van der Waals surface area contributed by atoms with Gasteiger partial charge in [0.1, 0.15) is 0 Å². The summed E-state index contributed by atoms with van der Waals surface area (Å²) < 4.78 is 0. The van der Waals surface area contributed by atoms with Crippen LogP contribution in [0.5, 0.6) is 0 Å². The van der Waals surface area contributed by atoms with Gasteiger partial charge < -0.3 is 10.6 Å². The fourth-order valence-electron chi connectivity index (χ4n) is 4.12. The number of nitrogens with zero attached hydrogens (tertiary/aromatic N) is 3. The maximum Gasteiger partial charge on any atom is 0.241 e. The minimum Gasteiger partial charge on any atom is -0.399 e. The highest BCUT2D eigenvalue weighted by atomic mass is 16.2. The zero-order valence-corrected chi connectivity index (χ0v) is 15.8. The predicted octanol–water partition coefficient (Wildman–Crippen LogP) is 2.37. The minimum absolute atomic E-state index is 0.228. The fraction of sp³-hybridized carbons (Fsp3) is 0.409. The molecular weight excluding hydrogens is 336 g/mol. The zero-order chi connectivity index (χ0) is 18.6. The molecule has 0 aromatic heterocycles. The first-order valence-electron chi connectivity index (χ1n) is 9.86. The third-order valence-corrected chi connectivity index (χ3v) is 5.59. The molecule has 1 saturated heterocycles. The Morgan fingerprint density at radius 1 is 0.926 bits per heavy atom. The van der Waals surface area contributed by atoms with Crippen LogP contribution in [0, 0.1) is 0 Å². The number of hydrogen-bond donors (Lipinski definition) is 1. The Bertz CT molecular complexity index is 798. The molecule has 2 aromatic carbocycles. The number of amides is 1. The third kappa shape index (κ3) is 4.31. The molecule has 4 rings (SSSR count). The van der Waals surface area contributed by atoms with Gasteiger partial charge >= 0.3 is 0 Å². The van der Waals surface area contributed by atoms with E-state index < -0.39 is 0 Å². The fourth-order valence-corrected chi connectivity index (χ4v) is 4.12. The highest BCUT2D eigenvalue weighted by Crippen LogP contribution is 2.26. The number of hydrogen-bond acceptors (Lipinski definition) is 4. The molecule has 142 valence electrons. The lowest BCUT2D eigenvalue weighted by Crippen LogP contribution is -2.50. The Morgan fingerprint density at radius 3 is 2.52 bits per heavy atom. The van der Waals surface area contributed by atoms with Crippen LogP contribution in [-0.2, 0) is 17.8 Å². The maximum absolute atomic E-state index is 12.9. The summed E-state index contributed by atoms with van der Waals surface area (Å²) in [6.45, 7) is 6.11. The largest absolute Gasteiger partial charge is 0.399 e. The number of benzene rings is 2. The lowest BCUT2D eigenvalue weighted by atomic mass is 10.0. The van der Waals surface area contributed by atoms with Gasteiger partial charge in [0, 0.05) is 50.6 Å². The van der Waals surface area contributed by atoms with Crippen molar-refractivity contribution in [1.29, 1.82) is 0 Å². The Morgan fingerprint density at radius 2 is 1.70 bits per heavy atom. The van der Waals surface area contributed by atoms with Crippen LogP contribution < -0.4 is 10.6 Å². The van der Waals surface area contributed by atoms with E-state index in [4.69, 9.17) is 5.73 Å². The van der Waals surface area contributed by atoms with Crippen molar-refractivity contribution in [3.63, 3.8) is 0 Å². The van der Waals surface area contributed by atoms with E-state index in [1.165, 1.54) is 11.1 Å². The molecule has 0 spiro atoms. The van der Waals surface area contributed by atoms with Crippen molar-refractivity contribution in [1.82, 2.24) is 9.80 Å². The average Bonchev–Trinajstić information content (AvgIpc) is 2.69. The number of nitrogen functional groups attached to an aromatic ring is 1. The molecular formula is C22H28N4O. The van der Waals surface area contributed by atoms with Crippen LogP contribution in [0.15, 0.2) is 48.5 Å². The smallest absolute Gasteiger partial charge is 0.241 e. The van der Waals surface area contributed by atoms with Gasteiger partial charge in [-0.1, -0.05) is 30.3 Å². The summed E-state index contributed by atoms with van der Waals surface area (Å²) in [7, 11) is 0. The lowest BCUT2D eigenvalue weighted by molar-refractivity contribution is -0.120. The van der Waals surface area contributed by atoms with Gasteiger partial charge in [-0.05, 0) is 42.2 Å². The second-order valence-electron chi connectivity index (χ2n) is 7.57. The molecule has 1 fully saturated rings. The van der Waals surface area contributed by atoms with E-state index in [9.17, 15) is 4.79 Å². The van der Waals surface area contributed by atoms with E-state index in [0.717, 1.165) is 63.5 Å². The summed E-state index contributed by atoms with van der Waals surface area (Å²) in [4.78, 5) is 19.6. The molecule has 0 aliphatic carbocycles. The van der Waals surface area contributed by atoms with Crippen molar-refractivity contribution >= 4 is 17.3 Å². The number of fused-ring (bicyclic) bond motifs is 1. The number of nitrogens with two attached hydrogens (primary N) is 1. The molecule has 27 heavy (non-hydrogen) atoms. The van der Waals surface area contributed by atoms with Crippen LogP contribution >= 0.6 is 0 Å². The maximum atomic E-state index is 12.9. The number of anilines is 2. The number of rotatable bonds is 4. The summed E-state index contributed by atoms with van der Waals surface area (Å²) in [5.74, 6) is 0.228. The van der Waals surface area contributed by atoms with E-state index in [1.807, 2.05) is 29.2 Å². The summed E-state index contributed by atoms with van der Waals surface area (Å²) in [5, 5.41) is 0. The van der Waals surface area contributed by atoms with Crippen molar-refractivity contribution in [3.8, 4) is 0 Å². The third-order valence-electron chi connectivity index (χ3n) is 5.59. The quantitative estimate of drug-likeness (QED) is 0.847. The summed E-state index contributed by atoms with van der Waals surface area (Å²) >= 11 is 0. The molecule has 0 bridgehead atoms. The molecule has 0 atom stereocenters. The first-order valence-corrected chi connectivity index (χ1v) is 9.86. The van der Waals surface area contributed by atoms with Gasteiger partial charge in [-0.3, -0.25) is 14.6 Å². The van der Waals surface area contributed by atoms with Crippen LogP contribution in [-0.4, -0.2) is 55.0 Å². The second kappa shape index (κ2) is 8.11. The molecule has 2 aliphatic rings. The van der Waals surface area contributed by atoms with E-state index in [0.29, 0.717) is 6.54 Å². The summed E-state index contributed by atoms with van der Waals surface area (Å²) in [6.07, 6.45) is 2.12. The lowest BCUT2D eigenvalue weighted by Gasteiger charge is -2.36. The van der Waals surface area contributed by atoms with Crippen molar-refractivity contribution in [2.24, 2.45) is 0 Å². The molecule has 2 aliphatic heterocycles. The van der Waals surface area contributed by atoms with Crippen molar-refractivity contribution in [2.75, 3.05) is 49.9 Å². The zero-order valence-electron chi connectivity index (χ0n) is 15.8. The monoisotopic (exact) mass is 364 g/mol. The number of para-hydroxylation sites is 1. The van der Waals surface area contributed by atoms with E-state index in [2.05, 4.69) is 34.1 Å². The topological polar surface area (TPSA) is 52.8 Å². The molecule has 0 unspecified atom stereocenters. The van der Waals surface area contributed by atoms with Crippen LogP contribution in [0.3, 0.4) is 0 Å². The van der Waals surface area contributed by atoms with Gasteiger partial charge in [0.05, 0.1) is 6.54 Å². The first kappa shape index (κ1) is 18.0. The van der Waals surface area contributed by atoms with Crippen LogP contribution in [0.2, 0.25) is 0 Å². The van der Waals surface area contributed by atoms with Crippen LogP contribution in [0.25, 0.3) is 0 Å². The highest BCUT2D eigenvalue weighted by molar-refractivity contribution is 5.95. The summed E-state index contributed by atoms with van der Waals surface area (Å²) in [5.41, 5.74) is 10.3. The Labute approximate surface area is 161 Å². The normalized spacial score (nSPS) is 18.3. The molecule has 2 N–H and O–H groups in total. The van der Waals surface area contributed by atoms with Gasteiger partial charge in [0.2, 0.25) is 5.91 Å². The van der Waals surface area contributed by atoms with Gasteiger partial charge in [0.15, 0.2) is 0 Å². The van der Waals surface area contributed by atoms with Crippen LogP contribution in [0.4, 0.5) is 11.4 Å². The minimum atomic E-state index is 0.228. The highest BCUT2D eigenvalue weighted by Gasteiger charge is 2.25. The number of aryl methyl sites for hydroxylation is 1. The van der Waals surface area contributed by atoms with E-state index in [-0.39, 0.29) is 5.91 Å². The van der Waals surface area contributed by atoms with Crippen molar-refractivity contribution < 1.29 is 4.79 Å². The first-order chi connectivity index (χ1) is 13.2. The van der Waals surface area contributed by atoms with Gasteiger partial charge in [-0.25, -0.2) is 0 Å². The summed E-state index contributed by atoms with van der Waals surface area (Å²) in [6, 6.07) is 16.4. The second-order valence-corrected chi connectivity index (χ2v) is 7.57. The SMILES string of the molecule is Nc1cccc(CN2CCN(CC(=O)N3CCCc4ccccc43)CC2)c1. The predicted molar refractivity (Wildman–Crippen MR) is 110 cm³/mol. The molecule has 2 heterocycles. The molecule has 2 aromatic rings. The molecule has 1 amide bonds. The number of carbonyl (C=O) groups is 1. The van der Waals surface area contributed by atoms with Gasteiger partial charge in [-0.2, -0.15) is 0 Å². The van der Waals surface area contributed by atoms with Crippen molar-refractivity contribution in [2.45, 2.75) is 19.4 Å². The standard InChI is InChI=1S/C22H28N4O/c23-20-8-3-5-18(15-20)16-24-11-13-25(14-12-24)17-22(27)26-10-4-7-19-6-1-2-9-21(19)26/h1-3,5-6,8-9,15H,4,7,10-14,16-17,23H2. The number of piperazine rings is 1. The van der Waals surface area contributed by atoms with E-state index in [1.54, 1.807) is 0 Å². The molecule has 0 radical (unpaired) electrons. The number of carbonyl (C=O) groups excluding carboxylic acids is 1. The van der Waals surface area contributed by atoms with Gasteiger partial charge in [-0.15, -0.1) is 0 Å². The van der Waals surface area contributed by atoms with E-state index >= 15 is 0 Å². The molecule has 5 heteroatoms. The average molecular weight is 364 g/mol. The van der Waals surface area contributed by atoms with Gasteiger partial charge in [0.25, 0.3) is 0 Å².